The maximum Gasteiger partial charge on any atom is 0.364 e. The van der Waals surface area contributed by atoms with Crippen LogP contribution in [-0.2, 0) is 42.7 Å². The second-order valence-corrected chi connectivity index (χ2v) is 14.2. The molecule has 0 aromatic rings. The van der Waals surface area contributed by atoms with Gasteiger partial charge in [0.05, 0.1) is 50.7 Å². The van der Waals surface area contributed by atoms with Crippen molar-refractivity contribution in [1.29, 1.82) is 0 Å². The number of nitrogens with two attached hydrogens (primary N) is 2. The number of carboxylic acid groups (broad SMARTS) is 2. The average molecular weight is 841 g/mol. The number of aliphatic hydroxyl groups is 14. The number of carboxylic acids is 2. The van der Waals surface area contributed by atoms with E-state index in [-0.39, 0.29) is 0 Å². The molecule has 4 aliphatic heterocycles. The average Bonchev–Trinajstić information content (AvgIpc) is 3.17. The third kappa shape index (κ3) is 9.50. The number of aliphatic carboxylic acids is 2. The van der Waals surface area contributed by atoms with E-state index in [4.69, 9.17) is 44.6 Å². The van der Waals surface area contributed by atoms with Gasteiger partial charge in [0, 0.05) is 12.8 Å². The molecule has 27 nitrogen and oxygen atoms in total. The van der Waals surface area contributed by atoms with Crippen LogP contribution < -0.4 is 11.5 Å². The number of hydrogen-bond acceptors (Lipinski definition) is 25. The Labute approximate surface area is 321 Å². The first-order valence-electron chi connectivity index (χ1n) is 17.5. The fraction of sp³-hybridized carbons (Fsp3) is 0.933. The van der Waals surface area contributed by atoms with E-state index in [1.165, 1.54) is 0 Å². The van der Waals surface area contributed by atoms with E-state index in [9.17, 15) is 91.3 Å². The summed E-state index contributed by atoms with van der Waals surface area (Å²) in [6.45, 7) is -4.40. The molecule has 4 rings (SSSR count). The predicted octanol–water partition coefficient (Wildman–Crippen LogP) is -11.4. The molecule has 0 bridgehead atoms. The fourth-order valence-electron chi connectivity index (χ4n) is 6.99. The third-order valence-electron chi connectivity index (χ3n) is 10.3. The lowest BCUT2D eigenvalue weighted by Crippen LogP contribution is -2.71. The number of hydrogen-bond donors (Lipinski definition) is 18. The highest BCUT2D eigenvalue weighted by Gasteiger charge is 2.61. The maximum absolute atomic E-state index is 12.9. The zero-order valence-electron chi connectivity index (χ0n) is 29.8. The monoisotopic (exact) mass is 840 g/mol. The zero-order chi connectivity index (χ0) is 42.9. The summed E-state index contributed by atoms with van der Waals surface area (Å²) >= 11 is 0. The molecule has 0 radical (unpaired) electrons. The summed E-state index contributed by atoms with van der Waals surface area (Å²) in [5, 5.41) is 166. The molecule has 0 aliphatic carbocycles. The Morgan fingerprint density at radius 2 is 1.19 bits per heavy atom. The Bertz CT molecular complexity index is 1340. The standard InChI is InChI=1S/C30H52N2O25/c31-13-7(37)1-29(27(47)48,55-22(13)15(40)9(39)3-33)54-11(5-35)17(42)23-14(32)8(38)2-30(56-23,28(49)50)57-24-16(41)10(4-34)52-26(20(24)45)53-21-12(6-36)51-25(46)19(44)18(21)43/h7-26,33-46H,1-6,31-32H2,(H,47,48)(H,49,50)/t7-,8-,9-,10?,11-,12?,13-,14-,15-,16+,17-,18?,19+,20+,21-,22?,23?,24?,25-,26+,29-,30+/m1/s1. The summed E-state index contributed by atoms with van der Waals surface area (Å²) in [6, 6.07) is -3.39. The second kappa shape index (κ2) is 19.2. The van der Waals surface area contributed by atoms with Crippen LogP contribution in [0.4, 0.5) is 0 Å². The molecule has 20 N–H and O–H groups in total. The topological polar surface area (TPSA) is 474 Å². The van der Waals surface area contributed by atoms with Crippen molar-refractivity contribution in [2.24, 2.45) is 11.5 Å². The molecule has 4 fully saturated rings. The van der Waals surface area contributed by atoms with Gasteiger partial charge in [0.15, 0.2) is 12.6 Å². The van der Waals surface area contributed by atoms with Gasteiger partial charge in [-0.15, -0.1) is 0 Å². The molecular weight excluding hydrogens is 788 g/mol. The van der Waals surface area contributed by atoms with Gasteiger partial charge in [0.1, 0.15) is 85.5 Å². The number of ether oxygens (including phenoxy) is 7. The molecule has 4 aliphatic rings. The minimum Gasteiger partial charge on any atom is -0.477 e. The van der Waals surface area contributed by atoms with Crippen molar-refractivity contribution in [3.8, 4) is 0 Å². The van der Waals surface area contributed by atoms with Crippen LogP contribution in [0.1, 0.15) is 12.8 Å². The molecule has 4 heterocycles. The van der Waals surface area contributed by atoms with Crippen LogP contribution in [0, 0.1) is 0 Å². The molecule has 6 unspecified atom stereocenters. The SMILES string of the molecule is N[C@H]1C([C@H](O)[C@H](O)CO)O[C@@](O[C@H](CO)[C@@H](O)C2O[C@@](OC3[C@@H](O)C(CO)O[C@@H](O[C@@H]4C(CO)O[C@@H](O)[C@@H](O)C4O)[C@H]3O)(C(=O)O)C[C@@H](O)[C@H]2N)(C(=O)O)C[C@H]1O. The van der Waals surface area contributed by atoms with Crippen molar-refractivity contribution in [1.82, 2.24) is 0 Å². The molecule has 22 atom stereocenters. The smallest absolute Gasteiger partial charge is 0.364 e. The third-order valence-corrected chi connectivity index (χ3v) is 10.3. The first-order chi connectivity index (χ1) is 26.6. The Morgan fingerprint density at radius 3 is 1.70 bits per heavy atom. The second-order valence-electron chi connectivity index (χ2n) is 14.2. The van der Waals surface area contributed by atoms with Gasteiger partial charge in [-0.1, -0.05) is 0 Å². The van der Waals surface area contributed by atoms with Gasteiger partial charge in [-0.3, -0.25) is 0 Å². The van der Waals surface area contributed by atoms with Gasteiger partial charge >= 0.3 is 11.9 Å². The summed E-state index contributed by atoms with van der Waals surface area (Å²) in [5.41, 5.74) is 11.9. The van der Waals surface area contributed by atoms with Gasteiger partial charge in [-0.2, -0.15) is 0 Å². The van der Waals surface area contributed by atoms with Crippen LogP contribution in [0.25, 0.3) is 0 Å². The van der Waals surface area contributed by atoms with E-state index in [0.717, 1.165) is 0 Å². The van der Waals surface area contributed by atoms with Gasteiger partial charge in [-0.05, 0) is 0 Å². The first-order valence-corrected chi connectivity index (χ1v) is 17.5. The lowest BCUT2D eigenvalue weighted by Gasteiger charge is -2.50. The molecule has 0 aromatic carbocycles. The summed E-state index contributed by atoms with van der Waals surface area (Å²) < 4.78 is 37.9. The van der Waals surface area contributed by atoms with Crippen molar-refractivity contribution in [2.45, 2.75) is 147 Å². The van der Waals surface area contributed by atoms with Crippen LogP contribution in [0.5, 0.6) is 0 Å². The summed E-state index contributed by atoms with van der Waals surface area (Å²) in [6.07, 6.45) is -38.9. The van der Waals surface area contributed by atoms with Crippen molar-refractivity contribution in [2.75, 3.05) is 26.4 Å². The maximum atomic E-state index is 12.9. The Balaban J connectivity index is 1.63. The Kier molecular flexibility index (Phi) is 16.0. The lowest BCUT2D eigenvalue weighted by atomic mass is 9.87. The zero-order valence-corrected chi connectivity index (χ0v) is 29.8. The van der Waals surface area contributed by atoms with Crippen LogP contribution >= 0.6 is 0 Å². The van der Waals surface area contributed by atoms with Crippen LogP contribution in [0.2, 0.25) is 0 Å². The van der Waals surface area contributed by atoms with Gasteiger partial charge in [0.25, 0.3) is 11.6 Å². The Hall–Kier alpha value is -1.98. The van der Waals surface area contributed by atoms with E-state index >= 15 is 0 Å². The van der Waals surface area contributed by atoms with Crippen LogP contribution in [0.3, 0.4) is 0 Å². The highest BCUT2D eigenvalue weighted by atomic mass is 16.8. The largest absolute Gasteiger partial charge is 0.477 e. The van der Waals surface area contributed by atoms with Crippen molar-refractivity contribution in [3.63, 3.8) is 0 Å². The number of aliphatic hydroxyl groups excluding tert-OH is 14. The van der Waals surface area contributed by atoms with Crippen molar-refractivity contribution < 1.29 is 124 Å². The van der Waals surface area contributed by atoms with Gasteiger partial charge in [-0.25, -0.2) is 9.59 Å². The molecule has 0 amide bonds. The summed E-state index contributed by atoms with van der Waals surface area (Å²) in [7, 11) is 0. The number of rotatable bonds is 16. The molecule has 57 heavy (non-hydrogen) atoms. The van der Waals surface area contributed by atoms with Gasteiger partial charge in [0.2, 0.25) is 0 Å². The molecule has 0 saturated carbocycles. The predicted molar refractivity (Wildman–Crippen MR) is 172 cm³/mol. The van der Waals surface area contributed by atoms with Crippen molar-refractivity contribution in [3.05, 3.63) is 0 Å². The highest BCUT2D eigenvalue weighted by Crippen LogP contribution is 2.39. The highest BCUT2D eigenvalue weighted by molar-refractivity contribution is 5.76. The normalized spacial score (nSPS) is 46.5. The quantitative estimate of drug-likeness (QED) is 0.0686. The van der Waals surface area contributed by atoms with Crippen LogP contribution in [0.15, 0.2) is 0 Å². The van der Waals surface area contributed by atoms with Gasteiger partial charge < -0.3 is 126 Å². The molecular formula is C30H52N2O25. The minimum absolute atomic E-state index is 0.931. The molecule has 0 spiro atoms. The molecule has 0 aromatic heterocycles. The van der Waals surface area contributed by atoms with E-state index in [0.29, 0.717) is 0 Å². The fourth-order valence-corrected chi connectivity index (χ4v) is 6.99. The molecule has 332 valence electrons. The van der Waals surface area contributed by atoms with E-state index in [1.54, 1.807) is 0 Å². The minimum atomic E-state index is -3.22. The Morgan fingerprint density at radius 1 is 0.667 bits per heavy atom. The van der Waals surface area contributed by atoms with Crippen molar-refractivity contribution >= 4 is 11.9 Å². The summed E-state index contributed by atoms with van der Waals surface area (Å²) in [4.78, 5) is 25.5. The number of carbonyl (C=O) groups is 2. The lowest BCUT2D eigenvalue weighted by molar-refractivity contribution is -0.386. The summed E-state index contributed by atoms with van der Waals surface area (Å²) in [5.74, 6) is -10.4. The molecule has 4 saturated heterocycles. The van der Waals surface area contributed by atoms with E-state index < -0.39 is 185 Å². The van der Waals surface area contributed by atoms with E-state index in [2.05, 4.69) is 0 Å². The molecule has 27 heteroatoms. The first kappa shape index (κ1) is 47.7. The van der Waals surface area contributed by atoms with Crippen LogP contribution in [-0.4, -0.2) is 254 Å². The van der Waals surface area contributed by atoms with E-state index in [1.807, 2.05) is 0 Å².